The van der Waals surface area contributed by atoms with Crippen molar-refractivity contribution in [3.8, 4) is 0 Å². The van der Waals surface area contributed by atoms with Gasteiger partial charge in [0.25, 0.3) is 0 Å². The average molecular weight is 373 g/mol. The maximum Gasteiger partial charge on any atom is 0.308 e. The van der Waals surface area contributed by atoms with Gasteiger partial charge in [-0.05, 0) is 25.8 Å². The molecule has 0 bridgehead atoms. The number of carbonyl (C=O) groups excluding carboxylic acids is 2. The van der Waals surface area contributed by atoms with Crippen molar-refractivity contribution in [2.24, 2.45) is 0 Å². The Hall–Kier alpha value is -2.70. The number of rotatable bonds is 10. The van der Waals surface area contributed by atoms with Crippen molar-refractivity contribution in [1.29, 1.82) is 0 Å². The van der Waals surface area contributed by atoms with Gasteiger partial charge in [-0.1, -0.05) is 42.4 Å². The van der Waals surface area contributed by atoms with Crippen molar-refractivity contribution < 1.29 is 18.8 Å². The molecule has 1 atom stereocenters. The van der Waals surface area contributed by atoms with E-state index in [1.54, 1.807) is 13.8 Å². The highest BCUT2D eigenvalue weighted by Crippen LogP contribution is 2.18. The molecule has 1 N–H and O–H groups in total. The van der Waals surface area contributed by atoms with Crippen LogP contribution in [0.4, 0.5) is 0 Å². The summed E-state index contributed by atoms with van der Waals surface area (Å²) < 4.78 is 10.4. The third kappa shape index (κ3) is 7.21. The van der Waals surface area contributed by atoms with Gasteiger partial charge >= 0.3 is 5.97 Å². The lowest BCUT2D eigenvalue weighted by Crippen LogP contribution is -2.31. The van der Waals surface area contributed by atoms with E-state index >= 15 is 0 Å². The number of amides is 1. The summed E-state index contributed by atoms with van der Waals surface area (Å²) in [6.45, 7) is 5.63. The van der Waals surface area contributed by atoms with Crippen molar-refractivity contribution in [3.05, 3.63) is 47.6 Å². The number of hydrogen-bond donors (Lipinski definition) is 1. The van der Waals surface area contributed by atoms with Gasteiger partial charge in [-0.15, -0.1) is 0 Å². The van der Waals surface area contributed by atoms with Gasteiger partial charge in [-0.3, -0.25) is 9.59 Å². The Morgan fingerprint density at radius 1 is 1.19 bits per heavy atom. The molecule has 7 heteroatoms. The number of nitrogens with one attached hydrogen (secondary N) is 1. The van der Waals surface area contributed by atoms with Crippen LogP contribution >= 0.6 is 0 Å². The minimum Gasteiger partial charge on any atom is -0.463 e. The van der Waals surface area contributed by atoms with Crippen LogP contribution in [0.1, 0.15) is 63.4 Å². The van der Waals surface area contributed by atoms with Crippen molar-refractivity contribution in [2.75, 3.05) is 0 Å². The number of aryl methyl sites for hydroxylation is 2. The topological polar surface area (TPSA) is 94.3 Å². The van der Waals surface area contributed by atoms with Crippen LogP contribution in [0.3, 0.4) is 0 Å². The first-order valence-corrected chi connectivity index (χ1v) is 9.33. The number of nitrogens with zero attached hydrogens (tertiary/aromatic N) is 2. The number of ether oxygens (including phenoxy) is 1. The molecule has 0 radical (unpaired) electrons. The zero-order chi connectivity index (χ0) is 19.6. The SMILES string of the molecule is CCCc1noc(CCC(=O)NC(CC(=O)OC(C)C)c2ccccc2)n1. The molecule has 27 heavy (non-hydrogen) atoms. The lowest BCUT2D eigenvalue weighted by Gasteiger charge is -2.19. The monoisotopic (exact) mass is 373 g/mol. The van der Waals surface area contributed by atoms with E-state index in [-0.39, 0.29) is 30.8 Å². The van der Waals surface area contributed by atoms with Gasteiger partial charge in [-0.25, -0.2) is 0 Å². The van der Waals surface area contributed by atoms with Crippen LogP contribution in [-0.2, 0) is 27.2 Å². The van der Waals surface area contributed by atoms with Crippen molar-refractivity contribution in [2.45, 2.75) is 65.0 Å². The normalized spacial score (nSPS) is 12.0. The molecule has 0 aliphatic heterocycles. The maximum absolute atomic E-state index is 12.4. The summed E-state index contributed by atoms with van der Waals surface area (Å²) in [5.41, 5.74) is 0.856. The van der Waals surface area contributed by atoms with Crippen molar-refractivity contribution in [1.82, 2.24) is 15.5 Å². The molecule has 2 aromatic rings. The molecule has 1 unspecified atom stereocenters. The molecule has 0 aliphatic rings. The summed E-state index contributed by atoms with van der Waals surface area (Å²) in [6.07, 6.45) is 2.14. The standard InChI is InChI=1S/C20H27N3O4/c1-4-8-17-22-19(27-23-17)12-11-18(24)21-16(13-20(25)26-14(2)3)15-9-6-5-7-10-15/h5-7,9-10,14,16H,4,8,11-13H2,1-3H3,(H,21,24). The Kier molecular flexibility index (Phi) is 7.98. The van der Waals surface area contributed by atoms with Crippen LogP contribution in [0.2, 0.25) is 0 Å². The first-order valence-electron chi connectivity index (χ1n) is 9.33. The molecule has 0 saturated carbocycles. The molecule has 0 spiro atoms. The number of aromatic nitrogens is 2. The van der Waals surface area contributed by atoms with E-state index in [2.05, 4.69) is 15.5 Å². The van der Waals surface area contributed by atoms with E-state index in [4.69, 9.17) is 9.26 Å². The highest BCUT2D eigenvalue weighted by atomic mass is 16.5. The summed E-state index contributed by atoms with van der Waals surface area (Å²) in [6, 6.07) is 8.94. The molecule has 1 aromatic carbocycles. The fraction of sp³-hybridized carbons (Fsp3) is 0.500. The number of hydrogen-bond acceptors (Lipinski definition) is 6. The van der Waals surface area contributed by atoms with E-state index in [9.17, 15) is 9.59 Å². The Morgan fingerprint density at radius 2 is 1.93 bits per heavy atom. The van der Waals surface area contributed by atoms with Crippen LogP contribution < -0.4 is 5.32 Å². The molecule has 1 heterocycles. The van der Waals surface area contributed by atoms with E-state index < -0.39 is 6.04 Å². The molecule has 146 valence electrons. The van der Waals surface area contributed by atoms with Crippen LogP contribution in [0.15, 0.2) is 34.9 Å². The third-order valence-corrected chi connectivity index (χ3v) is 3.82. The average Bonchev–Trinajstić information content (AvgIpc) is 3.07. The molecular weight excluding hydrogens is 346 g/mol. The Bertz CT molecular complexity index is 728. The van der Waals surface area contributed by atoms with Gasteiger partial charge in [0.2, 0.25) is 11.8 Å². The number of esters is 1. The smallest absolute Gasteiger partial charge is 0.308 e. The van der Waals surface area contributed by atoms with Crippen LogP contribution in [0, 0.1) is 0 Å². The fourth-order valence-corrected chi connectivity index (χ4v) is 2.62. The van der Waals surface area contributed by atoms with Gasteiger partial charge in [-0.2, -0.15) is 4.98 Å². The summed E-state index contributed by atoms with van der Waals surface area (Å²) >= 11 is 0. The van der Waals surface area contributed by atoms with Crippen LogP contribution in [-0.4, -0.2) is 28.1 Å². The van der Waals surface area contributed by atoms with Gasteiger partial charge in [0.05, 0.1) is 18.6 Å². The molecule has 7 nitrogen and oxygen atoms in total. The second-order valence-corrected chi connectivity index (χ2v) is 6.63. The van der Waals surface area contributed by atoms with Gasteiger partial charge < -0.3 is 14.6 Å². The van der Waals surface area contributed by atoms with Crippen molar-refractivity contribution >= 4 is 11.9 Å². The van der Waals surface area contributed by atoms with Crippen LogP contribution in [0.5, 0.6) is 0 Å². The predicted octanol–water partition coefficient (Wildman–Crippen LogP) is 3.15. The minimum absolute atomic E-state index is 0.0785. The van der Waals surface area contributed by atoms with Crippen LogP contribution in [0.25, 0.3) is 0 Å². The summed E-state index contributed by atoms with van der Waals surface area (Å²) in [7, 11) is 0. The predicted molar refractivity (Wildman–Crippen MR) is 99.8 cm³/mol. The summed E-state index contributed by atoms with van der Waals surface area (Å²) in [5.74, 6) is 0.576. The van der Waals surface area contributed by atoms with Crippen molar-refractivity contribution in [3.63, 3.8) is 0 Å². The fourth-order valence-electron chi connectivity index (χ4n) is 2.62. The summed E-state index contributed by atoms with van der Waals surface area (Å²) in [4.78, 5) is 28.7. The van der Waals surface area contributed by atoms with E-state index in [1.807, 2.05) is 37.3 Å². The van der Waals surface area contributed by atoms with Gasteiger partial charge in [0.15, 0.2) is 5.82 Å². The van der Waals surface area contributed by atoms with E-state index in [1.165, 1.54) is 0 Å². The second-order valence-electron chi connectivity index (χ2n) is 6.63. The Labute approximate surface area is 159 Å². The third-order valence-electron chi connectivity index (χ3n) is 3.82. The molecule has 1 aromatic heterocycles. The van der Waals surface area contributed by atoms with Gasteiger partial charge in [0.1, 0.15) is 0 Å². The lowest BCUT2D eigenvalue weighted by molar-refractivity contribution is -0.148. The lowest BCUT2D eigenvalue weighted by atomic mass is 10.0. The number of carbonyl (C=O) groups is 2. The Morgan fingerprint density at radius 3 is 2.59 bits per heavy atom. The maximum atomic E-state index is 12.4. The molecule has 2 rings (SSSR count). The second kappa shape index (κ2) is 10.4. The molecule has 0 saturated heterocycles. The molecular formula is C20H27N3O4. The first kappa shape index (κ1) is 20.6. The highest BCUT2D eigenvalue weighted by Gasteiger charge is 2.20. The van der Waals surface area contributed by atoms with Gasteiger partial charge in [0, 0.05) is 19.3 Å². The number of benzene rings is 1. The molecule has 1 amide bonds. The minimum atomic E-state index is -0.441. The molecule has 0 aliphatic carbocycles. The Balaban J connectivity index is 1.94. The highest BCUT2D eigenvalue weighted by molar-refractivity contribution is 5.78. The quantitative estimate of drug-likeness (QED) is 0.643. The largest absolute Gasteiger partial charge is 0.463 e. The van der Waals surface area contributed by atoms with E-state index in [0.717, 1.165) is 18.4 Å². The molecule has 0 fully saturated rings. The zero-order valence-electron chi connectivity index (χ0n) is 16.1. The first-order chi connectivity index (χ1) is 13.0. The summed E-state index contributed by atoms with van der Waals surface area (Å²) in [5, 5.41) is 6.79. The zero-order valence-corrected chi connectivity index (χ0v) is 16.1. The van der Waals surface area contributed by atoms with E-state index in [0.29, 0.717) is 18.1 Å².